The molecule has 8 heteroatoms. The first-order valence-electron chi connectivity index (χ1n) is 7.32. The van der Waals surface area contributed by atoms with Gasteiger partial charge in [-0.2, -0.15) is 13.9 Å². The lowest BCUT2D eigenvalue weighted by molar-refractivity contribution is -0.120. The summed E-state index contributed by atoms with van der Waals surface area (Å²) in [5.41, 5.74) is 8.70. The topological polar surface area (TPSA) is 72.9 Å². The molecular weight excluding hydrogens is 338 g/mol. The smallest absolute Gasteiger partial charge is 0.333 e. The minimum atomic E-state index is -2.70. The number of carbonyl (C=O) groups excluding carboxylic acids is 1. The number of nitrogens with two attached hydrogens (primary N) is 1. The van der Waals surface area contributed by atoms with Crippen LogP contribution in [0.25, 0.3) is 0 Å². The number of anilines is 1. The number of nitrogens with one attached hydrogen (secondary N) is 1. The molecular formula is C16H21ClF2N4O. The number of hydrogen-bond acceptors (Lipinski definition) is 3. The molecule has 3 N–H and O–H groups in total. The molecule has 0 saturated heterocycles. The van der Waals surface area contributed by atoms with Gasteiger partial charge in [-0.25, -0.2) is 4.68 Å². The van der Waals surface area contributed by atoms with Crippen LogP contribution in [0.2, 0.25) is 0 Å². The Morgan fingerprint density at radius 2 is 1.92 bits per heavy atom. The summed E-state index contributed by atoms with van der Waals surface area (Å²) in [6.45, 7) is 0.951. The van der Waals surface area contributed by atoms with Crippen LogP contribution in [0.1, 0.15) is 29.1 Å². The molecule has 1 aromatic carbocycles. The van der Waals surface area contributed by atoms with Crippen molar-refractivity contribution in [2.24, 2.45) is 0 Å². The Labute approximate surface area is 145 Å². The van der Waals surface area contributed by atoms with Gasteiger partial charge < -0.3 is 11.1 Å². The second kappa shape index (κ2) is 8.63. The Kier molecular flexibility index (Phi) is 7.16. The third-order valence-corrected chi connectivity index (χ3v) is 3.71. The molecule has 5 nitrogen and oxygen atoms in total. The summed E-state index contributed by atoms with van der Waals surface area (Å²) in [6.07, 6.45) is 0.729. The summed E-state index contributed by atoms with van der Waals surface area (Å²) in [4.78, 5) is 12.0. The second-order valence-electron chi connectivity index (χ2n) is 5.39. The number of amides is 1. The van der Waals surface area contributed by atoms with Crippen molar-refractivity contribution >= 4 is 24.0 Å². The third-order valence-electron chi connectivity index (χ3n) is 3.71. The molecule has 0 unspecified atom stereocenters. The molecule has 24 heavy (non-hydrogen) atoms. The Balaban J connectivity index is 0.00000288. The lowest BCUT2D eigenvalue weighted by atomic mass is 10.1. The molecule has 0 fully saturated rings. The molecule has 1 amide bonds. The zero-order chi connectivity index (χ0) is 17.0. The van der Waals surface area contributed by atoms with Crippen LogP contribution < -0.4 is 11.1 Å². The first-order chi connectivity index (χ1) is 10.9. The van der Waals surface area contributed by atoms with Crippen LogP contribution in [0, 0.1) is 13.8 Å². The fourth-order valence-electron chi connectivity index (χ4n) is 2.40. The van der Waals surface area contributed by atoms with Crippen molar-refractivity contribution in [3.8, 4) is 0 Å². The van der Waals surface area contributed by atoms with Crippen LogP contribution in [-0.2, 0) is 17.6 Å². The van der Waals surface area contributed by atoms with E-state index in [2.05, 4.69) is 10.4 Å². The molecule has 0 aliphatic carbocycles. The summed E-state index contributed by atoms with van der Waals surface area (Å²) < 4.78 is 26.2. The van der Waals surface area contributed by atoms with E-state index in [-0.39, 0.29) is 24.7 Å². The Morgan fingerprint density at radius 3 is 2.46 bits per heavy atom. The number of rotatable bonds is 6. The van der Waals surface area contributed by atoms with E-state index < -0.39 is 6.55 Å². The molecule has 1 heterocycles. The quantitative estimate of drug-likeness (QED) is 0.780. The van der Waals surface area contributed by atoms with Crippen molar-refractivity contribution in [3.63, 3.8) is 0 Å². The fourth-order valence-corrected chi connectivity index (χ4v) is 2.40. The minimum absolute atomic E-state index is 0. The van der Waals surface area contributed by atoms with Crippen molar-refractivity contribution in [2.75, 3.05) is 12.3 Å². The van der Waals surface area contributed by atoms with E-state index in [0.29, 0.717) is 40.3 Å². The number of halogens is 3. The zero-order valence-electron chi connectivity index (χ0n) is 13.6. The highest BCUT2D eigenvalue weighted by Gasteiger charge is 2.18. The second-order valence-corrected chi connectivity index (χ2v) is 5.39. The van der Waals surface area contributed by atoms with Gasteiger partial charge in [0.05, 0.1) is 12.1 Å². The molecule has 0 atom stereocenters. The predicted molar refractivity (Wildman–Crippen MR) is 91.5 cm³/mol. The Bertz CT molecular complexity index is 686. The van der Waals surface area contributed by atoms with Crippen LogP contribution in [0.15, 0.2) is 24.3 Å². The molecule has 0 spiro atoms. The van der Waals surface area contributed by atoms with Crippen molar-refractivity contribution < 1.29 is 13.6 Å². The predicted octanol–water partition coefficient (Wildman–Crippen LogP) is 2.80. The summed E-state index contributed by atoms with van der Waals surface area (Å²) in [5, 5.41) is 6.57. The van der Waals surface area contributed by atoms with E-state index in [1.807, 2.05) is 24.3 Å². The lowest BCUT2D eigenvalue weighted by Crippen LogP contribution is -2.27. The lowest BCUT2D eigenvalue weighted by Gasteiger charge is -2.07. The molecule has 0 aliphatic rings. The van der Waals surface area contributed by atoms with Crippen LogP contribution in [0.5, 0.6) is 0 Å². The number of benzene rings is 1. The molecule has 0 bridgehead atoms. The van der Waals surface area contributed by atoms with Gasteiger partial charge in [-0.1, -0.05) is 12.1 Å². The van der Waals surface area contributed by atoms with Gasteiger partial charge in [0, 0.05) is 23.5 Å². The van der Waals surface area contributed by atoms with Crippen LogP contribution in [-0.4, -0.2) is 22.2 Å². The van der Waals surface area contributed by atoms with Crippen LogP contribution in [0.4, 0.5) is 14.5 Å². The Morgan fingerprint density at radius 1 is 1.29 bits per heavy atom. The average Bonchev–Trinajstić information content (AvgIpc) is 2.77. The summed E-state index contributed by atoms with van der Waals surface area (Å²) >= 11 is 0. The molecule has 2 rings (SSSR count). The van der Waals surface area contributed by atoms with Gasteiger partial charge in [0.25, 0.3) is 0 Å². The van der Waals surface area contributed by atoms with Gasteiger partial charge in [-0.15, -0.1) is 12.4 Å². The third kappa shape index (κ3) is 4.92. The Hall–Kier alpha value is -2.15. The average molecular weight is 359 g/mol. The standard InChI is InChI=1S/C16H20F2N4O.ClH/c1-10-14(11(2)22(21-10)16(17)18)9-15(23)20-8-7-12-3-5-13(19)6-4-12;/h3-6,16H,7-9,19H2,1-2H3,(H,20,23);1H. The van der Waals surface area contributed by atoms with Crippen molar-refractivity contribution in [1.82, 2.24) is 15.1 Å². The van der Waals surface area contributed by atoms with Crippen molar-refractivity contribution in [1.29, 1.82) is 0 Å². The first kappa shape index (κ1) is 19.9. The number of alkyl halides is 2. The van der Waals surface area contributed by atoms with E-state index in [1.165, 1.54) is 0 Å². The number of hydrogen-bond donors (Lipinski definition) is 2. The van der Waals surface area contributed by atoms with E-state index >= 15 is 0 Å². The van der Waals surface area contributed by atoms with Gasteiger partial charge in [-0.05, 0) is 38.0 Å². The monoisotopic (exact) mass is 358 g/mol. The number of aryl methyl sites for hydroxylation is 1. The minimum Gasteiger partial charge on any atom is -0.399 e. The van der Waals surface area contributed by atoms with Gasteiger partial charge in [0.2, 0.25) is 5.91 Å². The molecule has 2 aromatic rings. The van der Waals surface area contributed by atoms with Crippen molar-refractivity contribution in [2.45, 2.75) is 33.2 Å². The van der Waals surface area contributed by atoms with Crippen molar-refractivity contribution in [3.05, 3.63) is 46.8 Å². The number of nitrogen functional groups attached to an aromatic ring is 1. The van der Waals surface area contributed by atoms with Gasteiger partial charge >= 0.3 is 6.55 Å². The fraction of sp³-hybridized carbons (Fsp3) is 0.375. The van der Waals surface area contributed by atoms with E-state index in [9.17, 15) is 13.6 Å². The van der Waals surface area contributed by atoms with E-state index in [1.54, 1.807) is 13.8 Å². The van der Waals surface area contributed by atoms with E-state index in [0.717, 1.165) is 5.56 Å². The molecule has 0 radical (unpaired) electrons. The number of carbonyl (C=O) groups is 1. The largest absolute Gasteiger partial charge is 0.399 e. The van der Waals surface area contributed by atoms with Gasteiger partial charge in [-0.3, -0.25) is 4.79 Å². The highest BCUT2D eigenvalue weighted by molar-refractivity contribution is 5.85. The molecule has 132 valence electrons. The first-order valence-corrected chi connectivity index (χ1v) is 7.32. The normalized spacial score (nSPS) is 10.5. The molecule has 0 aliphatic heterocycles. The van der Waals surface area contributed by atoms with Crippen LogP contribution >= 0.6 is 12.4 Å². The maximum absolute atomic E-state index is 12.8. The summed E-state index contributed by atoms with van der Waals surface area (Å²) in [6, 6.07) is 7.43. The maximum atomic E-state index is 12.8. The molecule has 0 saturated carbocycles. The highest BCUT2D eigenvalue weighted by Crippen LogP contribution is 2.19. The molecule has 1 aromatic heterocycles. The SMILES string of the molecule is Cc1nn(C(F)F)c(C)c1CC(=O)NCCc1ccc(N)cc1.Cl. The highest BCUT2D eigenvalue weighted by atomic mass is 35.5. The van der Waals surface area contributed by atoms with E-state index in [4.69, 9.17) is 5.73 Å². The zero-order valence-corrected chi connectivity index (χ0v) is 14.4. The summed E-state index contributed by atoms with van der Waals surface area (Å²) in [7, 11) is 0. The maximum Gasteiger partial charge on any atom is 0.333 e. The summed E-state index contributed by atoms with van der Waals surface area (Å²) in [5.74, 6) is -0.208. The van der Waals surface area contributed by atoms with Crippen LogP contribution in [0.3, 0.4) is 0 Å². The van der Waals surface area contributed by atoms with Gasteiger partial charge in [0.15, 0.2) is 0 Å². The number of aromatic nitrogens is 2. The van der Waals surface area contributed by atoms with Gasteiger partial charge in [0.1, 0.15) is 0 Å². The number of nitrogens with zero attached hydrogens (tertiary/aromatic N) is 2.